The zero-order valence-electron chi connectivity index (χ0n) is 15.8. The van der Waals surface area contributed by atoms with Crippen LogP contribution in [0.15, 0.2) is 29.8 Å². The summed E-state index contributed by atoms with van der Waals surface area (Å²) in [6.45, 7) is 8.71. The third-order valence-electron chi connectivity index (χ3n) is 6.85. The first kappa shape index (κ1) is 17.3. The summed E-state index contributed by atoms with van der Waals surface area (Å²) in [7, 11) is 0. The van der Waals surface area contributed by atoms with Crippen molar-refractivity contribution in [3.63, 3.8) is 0 Å². The molecule has 3 atom stereocenters. The summed E-state index contributed by atoms with van der Waals surface area (Å²) in [5.74, 6) is 0.141. The number of rotatable bonds is 1. The first-order chi connectivity index (χ1) is 12.1. The van der Waals surface area contributed by atoms with E-state index in [2.05, 4.69) is 26.8 Å². The van der Waals surface area contributed by atoms with Gasteiger partial charge in [-0.3, -0.25) is 14.9 Å². The van der Waals surface area contributed by atoms with Crippen LogP contribution in [-0.2, 0) is 0 Å². The molecule has 138 valence electrons. The number of nitrogens with zero attached hydrogens (tertiary/aromatic N) is 1. The number of Topliss-reactive ketones (excluding diaryl/α,β-unsaturated/α-hetero) is 1. The van der Waals surface area contributed by atoms with Gasteiger partial charge in [0.25, 0.3) is 5.69 Å². The molecule has 1 saturated carbocycles. The second-order valence-electron chi connectivity index (χ2n) is 9.13. The Morgan fingerprint density at radius 2 is 1.92 bits per heavy atom. The molecule has 0 radical (unpaired) electrons. The van der Waals surface area contributed by atoms with Gasteiger partial charge in [0.15, 0.2) is 5.78 Å². The zero-order valence-corrected chi connectivity index (χ0v) is 15.8. The highest BCUT2D eigenvalue weighted by Gasteiger charge is 2.60. The summed E-state index contributed by atoms with van der Waals surface area (Å²) in [6.07, 6.45) is 6.12. The van der Waals surface area contributed by atoms with Gasteiger partial charge >= 0.3 is 0 Å². The number of ketones is 1. The largest absolute Gasteiger partial charge is 0.486 e. The van der Waals surface area contributed by atoms with Crippen LogP contribution in [0, 0.1) is 26.9 Å². The first-order valence-corrected chi connectivity index (χ1v) is 9.31. The smallest absolute Gasteiger partial charge is 0.270 e. The number of nitro groups is 1. The van der Waals surface area contributed by atoms with Gasteiger partial charge in [0.1, 0.15) is 11.4 Å². The van der Waals surface area contributed by atoms with Crippen LogP contribution in [-0.4, -0.2) is 16.3 Å². The summed E-state index contributed by atoms with van der Waals surface area (Å²) in [6, 6.07) is 4.36. The highest BCUT2D eigenvalue weighted by Crippen LogP contribution is 2.62. The van der Waals surface area contributed by atoms with E-state index in [0.717, 1.165) is 19.3 Å². The van der Waals surface area contributed by atoms with E-state index < -0.39 is 10.5 Å². The predicted octanol–water partition coefficient (Wildman–Crippen LogP) is 5.09. The van der Waals surface area contributed by atoms with Gasteiger partial charge in [-0.05, 0) is 31.2 Å². The molecule has 1 aromatic rings. The Balaban J connectivity index is 1.87. The Kier molecular flexibility index (Phi) is 3.44. The minimum absolute atomic E-state index is 0.0109. The molecular formula is C21H25NO4. The van der Waals surface area contributed by atoms with Crippen LogP contribution >= 0.6 is 0 Å². The Hall–Kier alpha value is -2.17. The topological polar surface area (TPSA) is 69.4 Å². The number of carbonyl (C=O) groups excluding carboxylic acids is 1. The SMILES string of the molecule is CC1(C)CCC[C@@]2(C)C1=CC[C@@]1(C)Oc3ccc([N+](=O)[O-])cc3C(=O)[C@H]12. The molecule has 0 N–H and O–H groups in total. The van der Waals surface area contributed by atoms with Crippen molar-refractivity contribution in [1.82, 2.24) is 0 Å². The molecular weight excluding hydrogens is 330 g/mol. The van der Waals surface area contributed by atoms with Crippen molar-refractivity contribution in [2.45, 2.75) is 59.0 Å². The Labute approximate surface area is 153 Å². The molecule has 0 aromatic heterocycles. The molecule has 0 bridgehead atoms. The number of hydrogen-bond donors (Lipinski definition) is 0. The molecule has 1 aromatic carbocycles. The van der Waals surface area contributed by atoms with Crippen LogP contribution in [0.3, 0.4) is 0 Å². The van der Waals surface area contributed by atoms with Crippen LogP contribution in [0.4, 0.5) is 5.69 Å². The van der Waals surface area contributed by atoms with Crippen LogP contribution < -0.4 is 4.74 Å². The number of nitro benzene ring substituents is 1. The number of carbonyl (C=O) groups is 1. The lowest BCUT2D eigenvalue weighted by atomic mass is 9.49. The van der Waals surface area contributed by atoms with Crippen molar-refractivity contribution >= 4 is 11.5 Å². The average Bonchev–Trinajstić information content (AvgIpc) is 2.52. The highest BCUT2D eigenvalue weighted by atomic mass is 16.6. The van der Waals surface area contributed by atoms with E-state index >= 15 is 0 Å². The summed E-state index contributed by atoms with van der Waals surface area (Å²) in [5.41, 5.74) is 0.833. The maximum Gasteiger partial charge on any atom is 0.270 e. The Bertz CT molecular complexity index is 856. The van der Waals surface area contributed by atoms with Gasteiger partial charge in [0, 0.05) is 24.0 Å². The second kappa shape index (κ2) is 5.18. The maximum atomic E-state index is 13.6. The van der Waals surface area contributed by atoms with Gasteiger partial charge in [0.2, 0.25) is 0 Å². The van der Waals surface area contributed by atoms with E-state index in [4.69, 9.17) is 4.74 Å². The van der Waals surface area contributed by atoms with Gasteiger partial charge < -0.3 is 4.74 Å². The highest BCUT2D eigenvalue weighted by molar-refractivity contribution is 6.03. The van der Waals surface area contributed by atoms with E-state index in [-0.39, 0.29) is 28.2 Å². The number of hydrogen-bond acceptors (Lipinski definition) is 4. The van der Waals surface area contributed by atoms with Gasteiger partial charge in [-0.1, -0.05) is 38.8 Å². The summed E-state index contributed by atoms with van der Waals surface area (Å²) < 4.78 is 6.32. The molecule has 5 nitrogen and oxygen atoms in total. The quantitative estimate of drug-likeness (QED) is 0.400. The van der Waals surface area contributed by atoms with Gasteiger partial charge in [-0.15, -0.1) is 0 Å². The molecule has 4 rings (SSSR count). The first-order valence-electron chi connectivity index (χ1n) is 9.31. The second-order valence-corrected chi connectivity index (χ2v) is 9.13. The van der Waals surface area contributed by atoms with Crippen molar-refractivity contribution in [3.05, 3.63) is 45.5 Å². The number of allylic oxidation sites excluding steroid dienone is 1. The minimum atomic E-state index is -0.605. The third-order valence-corrected chi connectivity index (χ3v) is 6.85. The monoisotopic (exact) mass is 355 g/mol. The molecule has 1 heterocycles. The van der Waals surface area contributed by atoms with E-state index in [9.17, 15) is 14.9 Å². The van der Waals surface area contributed by atoms with Crippen LogP contribution in [0.25, 0.3) is 0 Å². The molecule has 1 aliphatic heterocycles. The molecule has 1 fully saturated rings. The number of fused-ring (bicyclic) bond motifs is 4. The van der Waals surface area contributed by atoms with Crippen molar-refractivity contribution in [2.24, 2.45) is 16.7 Å². The van der Waals surface area contributed by atoms with Gasteiger partial charge in [0.05, 0.1) is 16.4 Å². The normalized spacial score (nSPS) is 34.7. The van der Waals surface area contributed by atoms with Crippen LogP contribution in [0.2, 0.25) is 0 Å². The minimum Gasteiger partial charge on any atom is -0.486 e. The van der Waals surface area contributed by atoms with E-state index in [0.29, 0.717) is 17.7 Å². The lowest BCUT2D eigenvalue weighted by Crippen LogP contribution is -2.59. The third kappa shape index (κ3) is 2.19. The van der Waals surface area contributed by atoms with Crippen molar-refractivity contribution in [2.75, 3.05) is 0 Å². The fourth-order valence-electron chi connectivity index (χ4n) is 5.83. The molecule has 2 aliphatic carbocycles. The van der Waals surface area contributed by atoms with Crippen LogP contribution in [0.1, 0.15) is 63.7 Å². The molecule has 26 heavy (non-hydrogen) atoms. The van der Waals surface area contributed by atoms with Gasteiger partial charge in [-0.25, -0.2) is 0 Å². The number of ether oxygens (including phenoxy) is 1. The van der Waals surface area contributed by atoms with Crippen molar-refractivity contribution in [1.29, 1.82) is 0 Å². The lowest BCUT2D eigenvalue weighted by molar-refractivity contribution is -0.384. The number of benzene rings is 1. The van der Waals surface area contributed by atoms with Gasteiger partial charge in [-0.2, -0.15) is 0 Å². The van der Waals surface area contributed by atoms with Crippen molar-refractivity contribution in [3.8, 4) is 5.75 Å². The maximum absolute atomic E-state index is 13.6. The Morgan fingerprint density at radius 1 is 1.19 bits per heavy atom. The fourth-order valence-corrected chi connectivity index (χ4v) is 5.83. The summed E-state index contributed by atoms with van der Waals surface area (Å²) >= 11 is 0. The molecule has 3 aliphatic rings. The fraction of sp³-hybridized carbons (Fsp3) is 0.571. The Morgan fingerprint density at radius 3 is 2.62 bits per heavy atom. The van der Waals surface area contributed by atoms with E-state index in [1.54, 1.807) is 6.07 Å². The molecule has 0 saturated heterocycles. The van der Waals surface area contributed by atoms with E-state index in [1.165, 1.54) is 17.7 Å². The standard InChI is InChI=1S/C21H25NO4/c1-19(2)9-5-10-20(3)16(19)8-11-21(4)18(20)17(23)14-12-13(22(24)25)6-7-15(14)26-21/h6-8,12,18H,5,9-11H2,1-4H3/t18-,20-,21+/m0/s1. The predicted molar refractivity (Wildman–Crippen MR) is 98.4 cm³/mol. The molecule has 0 unspecified atom stereocenters. The summed E-state index contributed by atoms with van der Waals surface area (Å²) in [4.78, 5) is 24.3. The molecule has 5 heteroatoms. The zero-order chi connectivity index (χ0) is 18.9. The summed E-state index contributed by atoms with van der Waals surface area (Å²) in [5, 5.41) is 11.2. The van der Waals surface area contributed by atoms with Crippen LogP contribution in [0.5, 0.6) is 5.75 Å². The van der Waals surface area contributed by atoms with E-state index in [1.807, 2.05) is 6.92 Å². The van der Waals surface area contributed by atoms with Crippen molar-refractivity contribution < 1.29 is 14.5 Å². The molecule has 0 amide bonds. The molecule has 0 spiro atoms. The average molecular weight is 355 g/mol. The lowest BCUT2D eigenvalue weighted by Gasteiger charge is -2.58. The number of non-ortho nitro benzene ring substituents is 1.